The van der Waals surface area contributed by atoms with Crippen LogP contribution in [0.4, 0.5) is 0 Å². The van der Waals surface area contributed by atoms with Crippen LogP contribution in [0.15, 0.2) is 0 Å². The first-order valence-electron chi connectivity index (χ1n) is 6.77. The van der Waals surface area contributed by atoms with Crippen molar-refractivity contribution in [1.82, 2.24) is 5.32 Å². The Labute approximate surface area is 124 Å². The number of carbonyl (C=O) groups excluding carboxylic acids is 2. The molecule has 4 N–H and O–H groups in total. The van der Waals surface area contributed by atoms with Crippen molar-refractivity contribution < 1.29 is 19.4 Å². The molecule has 0 unspecified atom stereocenters. The van der Waals surface area contributed by atoms with Gasteiger partial charge in [0.25, 0.3) is 5.91 Å². The molecule has 0 spiro atoms. The molecule has 20 heavy (non-hydrogen) atoms. The van der Waals surface area contributed by atoms with Gasteiger partial charge in [-0.3, -0.25) is 4.79 Å². The van der Waals surface area contributed by atoms with E-state index < -0.39 is 30.1 Å². The first-order chi connectivity index (χ1) is 9.29. The van der Waals surface area contributed by atoms with Crippen LogP contribution < -0.4 is 11.1 Å². The highest BCUT2D eigenvalue weighted by atomic mass is 32.2. The van der Waals surface area contributed by atoms with Gasteiger partial charge < -0.3 is 20.9 Å². The second-order valence-electron chi connectivity index (χ2n) is 5.02. The molecule has 0 aliphatic carbocycles. The molecule has 0 aromatic carbocycles. The molecular weight excluding hydrogens is 280 g/mol. The van der Waals surface area contributed by atoms with Crippen LogP contribution in [0.1, 0.15) is 27.7 Å². The maximum atomic E-state index is 11.7. The van der Waals surface area contributed by atoms with Gasteiger partial charge in [0.1, 0.15) is 12.1 Å². The van der Waals surface area contributed by atoms with Crippen LogP contribution in [0, 0.1) is 5.92 Å². The summed E-state index contributed by atoms with van der Waals surface area (Å²) in [5.41, 5.74) is 5.77. The normalized spacial score (nSPS) is 15.6. The van der Waals surface area contributed by atoms with Crippen LogP contribution in [0.2, 0.25) is 0 Å². The molecule has 3 atom stereocenters. The minimum Gasteiger partial charge on any atom is -0.464 e. The van der Waals surface area contributed by atoms with E-state index in [-0.39, 0.29) is 6.61 Å². The second kappa shape index (κ2) is 10.0. The molecule has 0 aliphatic heterocycles. The highest BCUT2D eigenvalue weighted by molar-refractivity contribution is 7.99. The minimum atomic E-state index is -1.33. The summed E-state index contributed by atoms with van der Waals surface area (Å²) in [6.45, 7) is 7.60. The van der Waals surface area contributed by atoms with Crippen LogP contribution in [-0.4, -0.2) is 53.3 Å². The minimum absolute atomic E-state index is 0.243. The standard InChI is InChI=1S/C13H26N2O4S/c1-5-19-13(18)9(4)15-12(17)11(16)10(14)7-20-6-8(2)3/h8-11,16H,5-7,14H2,1-4H3,(H,15,17)/t9-,10+,11-/m0/s1. The lowest BCUT2D eigenvalue weighted by Gasteiger charge is -2.20. The number of hydrogen-bond acceptors (Lipinski definition) is 6. The molecule has 6 nitrogen and oxygen atoms in total. The number of aliphatic hydroxyl groups excluding tert-OH is 1. The second-order valence-corrected chi connectivity index (χ2v) is 6.10. The molecule has 0 rings (SSSR count). The Balaban J connectivity index is 4.15. The lowest BCUT2D eigenvalue weighted by atomic mass is 10.2. The molecule has 0 radical (unpaired) electrons. The van der Waals surface area contributed by atoms with E-state index in [0.717, 1.165) is 5.75 Å². The highest BCUT2D eigenvalue weighted by Crippen LogP contribution is 2.10. The van der Waals surface area contributed by atoms with E-state index in [9.17, 15) is 14.7 Å². The molecule has 0 saturated carbocycles. The number of rotatable bonds is 9. The number of amides is 1. The van der Waals surface area contributed by atoms with Crippen molar-refractivity contribution >= 4 is 23.6 Å². The number of thioether (sulfide) groups is 1. The summed E-state index contributed by atoms with van der Waals surface area (Å²) in [5, 5.41) is 12.2. The number of nitrogens with two attached hydrogens (primary N) is 1. The Hall–Kier alpha value is -0.790. The van der Waals surface area contributed by atoms with Crippen LogP contribution in [-0.2, 0) is 14.3 Å². The van der Waals surface area contributed by atoms with E-state index in [2.05, 4.69) is 19.2 Å². The van der Waals surface area contributed by atoms with E-state index in [1.165, 1.54) is 6.92 Å². The fraction of sp³-hybridized carbons (Fsp3) is 0.846. The maximum Gasteiger partial charge on any atom is 0.328 e. The van der Waals surface area contributed by atoms with E-state index in [0.29, 0.717) is 11.7 Å². The zero-order valence-electron chi connectivity index (χ0n) is 12.6. The molecule has 0 fully saturated rings. The summed E-state index contributed by atoms with van der Waals surface area (Å²) in [5.74, 6) is 0.753. The van der Waals surface area contributed by atoms with Crippen LogP contribution in [0.25, 0.3) is 0 Å². The lowest BCUT2D eigenvalue weighted by Crippen LogP contribution is -2.51. The summed E-state index contributed by atoms with van der Waals surface area (Å²) >= 11 is 1.59. The van der Waals surface area contributed by atoms with Crippen molar-refractivity contribution in [2.24, 2.45) is 11.7 Å². The van der Waals surface area contributed by atoms with Gasteiger partial charge in [0.15, 0.2) is 0 Å². The third kappa shape index (κ3) is 7.72. The highest BCUT2D eigenvalue weighted by Gasteiger charge is 2.26. The Kier molecular flexibility index (Phi) is 9.62. The van der Waals surface area contributed by atoms with E-state index >= 15 is 0 Å². The predicted octanol–water partition coefficient (Wildman–Crippen LogP) is 0.132. The van der Waals surface area contributed by atoms with Crippen molar-refractivity contribution in [3.63, 3.8) is 0 Å². The van der Waals surface area contributed by atoms with Gasteiger partial charge in [-0.2, -0.15) is 11.8 Å². The first kappa shape index (κ1) is 19.2. The van der Waals surface area contributed by atoms with Crippen molar-refractivity contribution in [3.8, 4) is 0 Å². The molecular formula is C13H26N2O4S. The number of hydrogen-bond donors (Lipinski definition) is 3. The van der Waals surface area contributed by atoms with Gasteiger partial charge in [-0.1, -0.05) is 13.8 Å². The van der Waals surface area contributed by atoms with E-state index in [4.69, 9.17) is 10.5 Å². The van der Waals surface area contributed by atoms with E-state index in [1.807, 2.05) is 0 Å². The van der Waals surface area contributed by atoms with Gasteiger partial charge in [-0.05, 0) is 25.5 Å². The predicted molar refractivity (Wildman–Crippen MR) is 80.4 cm³/mol. The van der Waals surface area contributed by atoms with Crippen molar-refractivity contribution in [1.29, 1.82) is 0 Å². The fourth-order valence-corrected chi connectivity index (χ4v) is 2.41. The van der Waals surface area contributed by atoms with Gasteiger partial charge >= 0.3 is 5.97 Å². The fourth-order valence-electron chi connectivity index (χ4n) is 1.35. The van der Waals surface area contributed by atoms with Gasteiger partial charge in [-0.15, -0.1) is 0 Å². The Morgan fingerprint density at radius 1 is 1.30 bits per heavy atom. The average Bonchev–Trinajstić information content (AvgIpc) is 2.37. The lowest BCUT2D eigenvalue weighted by molar-refractivity contribution is -0.148. The molecule has 0 heterocycles. The first-order valence-corrected chi connectivity index (χ1v) is 7.93. The molecule has 0 aromatic heterocycles. The molecule has 118 valence electrons. The van der Waals surface area contributed by atoms with Gasteiger partial charge in [-0.25, -0.2) is 4.79 Å². The monoisotopic (exact) mass is 306 g/mol. The van der Waals surface area contributed by atoms with E-state index in [1.54, 1.807) is 18.7 Å². The maximum absolute atomic E-state index is 11.7. The van der Waals surface area contributed by atoms with Crippen LogP contribution >= 0.6 is 11.8 Å². The molecule has 0 aliphatic rings. The Morgan fingerprint density at radius 2 is 1.90 bits per heavy atom. The third-order valence-electron chi connectivity index (χ3n) is 2.43. The summed E-state index contributed by atoms with van der Waals surface area (Å²) in [4.78, 5) is 23.1. The number of nitrogens with one attached hydrogen (secondary N) is 1. The number of carbonyl (C=O) groups is 2. The van der Waals surface area contributed by atoms with Gasteiger partial charge in [0.05, 0.1) is 6.61 Å². The summed E-state index contributed by atoms with van der Waals surface area (Å²) in [6.07, 6.45) is -1.33. The number of esters is 1. The smallest absolute Gasteiger partial charge is 0.328 e. The molecule has 7 heteroatoms. The molecule has 0 saturated heterocycles. The quantitative estimate of drug-likeness (QED) is 0.523. The average molecular weight is 306 g/mol. The van der Waals surface area contributed by atoms with Crippen LogP contribution in [0.5, 0.6) is 0 Å². The third-order valence-corrected chi connectivity index (χ3v) is 3.96. The van der Waals surface area contributed by atoms with Crippen LogP contribution in [0.3, 0.4) is 0 Å². The Bertz CT molecular complexity index is 313. The van der Waals surface area contributed by atoms with Crippen molar-refractivity contribution in [2.45, 2.75) is 45.9 Å². The van der Waals surface area contributed by atoms with Gasteiger partial charge in [0.2, 0.25) is 0 Å². The summed E-state index contributed by atoms with van der Waals surface area (Å²) < 4.78 is 4.77. The topological polar surface area (TPSA) is 102 Å². The Morgan fingerprint density at radius 3 is 2.40 bits per heavy atom. The summed E-state index contributed by atoms with van der Waals surface area (Å²) in [6, 6.07) is -1.46. The number of ether oxygens (including phenoxy) is 1. The largest absolute Gasteiger partial charge is 0.464 e. The molecule has 0 aromatic rings. The van der Waals surface area contributed by atoms with Gasteiger partial charge in [0, 0.05) is 11.8 Å². The summed E-state index contributed by atoms with van der Waals surface area (Å²) in [7, 11) is 0. The zero-order valence-corrected chi connectivity index (χ0v) is 13.4. The van der Waals surface area contributed by atoms with Crippen molar-refractivity contribution in [2.75, 3.05) is 18.1 Å². The molecule has 1 amide bonds. The number of aliphatic hydroxyl groups is 1. The van der Waals surface area contributed by atoms with Crippen molar-refractivity contribution in [3.05, 3.63) is 0 Å². The zero-order chi connectivity index (χ0) is 15.7. The molecule has 0 bridgehead atoms. The SMILES string of the molecule is CCOC(=O)[C@H](C)NC(=O)[C@@H](O)[C@H](N)CSCC(C)C.